The maximum Gasteiger partial charge on any atom is 0.0931 e. The SMILES string of the molecule is CCC(NCCc1ccc(Cl)s1)c1cccs1. The lowest BCUT2D eigenvalue weighted by Gasteiger charge is -2.14. The summed E-state index contributed by atoms with van der Waals surface area (Å²) in [5, 5.41) is 5.74. The Morgan fingerprint density at radius 3 is 2.82 bits per heavy atom. The van der Waals surface area contributed by atoms with Crippen LogP contribution in [0.2, 0.25) is 4.34 Å². The topological polar surface area (TPSA) is 12.0 Å². The van der Waals surface area contributed by atoms with E-state index in [1.54, 1.807) is 11.3 Å². The molecule has 0 aliphatic rings. The Morgan fingerprint density at radius 1 is 1.35 bits per heavy atom. The van der Waals surface area contributed by atoms with E-state index in [0.29, 0.717) is 6.04 Å². The van der Waals surface area contributed by atoms with Gasteiger partial charge in [0, 0.05) is 22.3 Å². The predicted octanol–water partition coefficient (Wildman–Crippen LogP) is 4.75. The van der Waals surface area contributed by atoms with Crippen LogP contribution in [0, 0.1) is 0 Å². The second-order valence-corrected chi connectivity index (χ2v) is 6.67. The van der Waals surface area contributed by atoms with E-state index in [-0.39, 0.29) is 0 Å². The average Bonchev–Trinajstić information content (AvgIpc) is 2.96. The van der Waals surface area contributed by atoms with Gasteiger partial charge in [0.05, 0.1) is 4.34 Å². The van der Waals surface area contributed by atoms with Crippen LogP contribution < -0.4 is 5.32 Å². The number of rotatable bonds is 6. The Morgan fingerprint density at radius 2 is 2.24 bits per heavy atom. The molecule has 1 unspecified atom stereocenters. The molecule has 0 amide bonds. The van der Waals surface area contributed by atoms with E-state index in [1.165, 1.54) is 9.75 Å². The Labute approximate surface area is 115 Å². The third-order valence-corrected chi connectivity index (χ3v) is 4.96. The zero-order valence-electron chi connectivity index (χ0n) is 9.78. The van der Waals surface area contributed by atoms with Gasteiger partial charge in [0.25, 0.3) is 0 Å². The summed E-state index contributed by atoms with van der Waals surface area (Å²) in [4.78, 5) is 2.78. The number of thiophene rings is 2. The van der Waals surface area contributed by atoms with Crippen LogP contribution in [-0.4, -0.2) is 6.54 Å². The zero-order valence-corrected chi connectivity index (χ0v) is 12.2. The van der Waals surface area contributed by atoms with Gasteiger partial charge in [0.15, 0.2) is 0 Å². The van der Waals surface area contributed by atoms with Crippen LogP contribution in [0.4, 0.5) is 0 Å². The monoisotopic (exact) mass is 285 g/mol. The fourth-order valence-corrected chi connectivity index (χ4v) is 3.76. The minimum absolute atomic E-state index is 0.491. The molecule has 1 N–H and O–H groups in total. The lowest BCUT2D eigenvalue weighted by atomic mass is 10.2. The molecular formula is C13H16ClNS2. The van der Waals surface area contributed by atoms with Crippen molar-refractivity contribution in [3.8, 4) is 0 Å². The zero-order chi connectivity index (χ0) is 12.1. The molecule has 0 aliphatic carbocycles. The second-order valence-electron chi connectivity index (χ2n) is 3.89. The third kappa shape index (κ3) is 3.81. The van der Waals surface area contributed by atoms with Gasteiger partial charge >= 0.3 is 0 Å². The molecule has 0 spiro atoms. The maximum atomic E-state index is 5.91. The van der Waals surface area contributed by atoms with E-state index in [0.717, 1.165) is 23.7 Å². The summed E-state index contributed by atoms with van der Waals surface area (Å²) in [6, 6.07) is 8.89. The first kappa shape index (κ1) is 13.1. The number of nitrogens with one attached hydrogen (secondary N) is 1. The van der Waals surface area contributed by atoms with Crippen molar-refractivity contribution in [2.24, 2.45) is 0 Å². The molecule has 1 atom stereocenters. The fraction of sp³-hybridized carbons (Fsp3) is 0.385. The molecule has 2 aromatic rings. The summed E-state index contributed by atoms with van der Waals surface area (Å²) in [6.45, 7) is 3.23. The van der Waals surface area contributed by atoms with Gasteiger partial charge in [-0.2, -0.15) is 0 Å². The molecule has 0 bridgehead atoms. The smallest absolute Gasteiger partial charge is 0.0931 e. The van der Waals surface area contributed by atoms with Crippen LogP contribution in [0.3, 0.4) is 0 Å². The van der Waals surface area contributed by atoms with Crippen molar-refractivity contribution >= 4 is 34.3 Å². The van der Waals surface area contributed by atoms with Gasteiger partial charge in [0.2, 0.25) is 0 Å². The molecule has 2 aromatic heterocycles. The summed E-state index contributed by atoms with van der Waals surface area (Å²) in [6.07, 6.45) is 2.19. The minimum Gasteiger partial charge on any atom is -0.309 e. The summed E-state index contributed by atoms with van der Waals surface area (Å²) >= 11 is 9.41. The van der Waals surface area contributed by atoms with Crippen LogP contribution >= 0.6 is 34.3 Å². The van der Waals surface area contributed by atoms with Crippen molar-refractivity contribution in [3.05, 3.63) is 43.7 Å². The van der Waals surface area contributed by atoms with Crippen molar-refractivity contribution < 1.29 is 0 Å². The molecule has 4 heteroatoms. The quantitative estimate of drug-likeness (QED) is 0.808. The highest BCUT2D eigenvalue weighted by molar-refractivity contribution is 7.16. The molecule has 92 valence electrons. The van der Waals surface area contributed by atoms with Gasteiger partial charge in [0.1, 0.15) is 0 Å². The molecule has 2 rings (SSSR count). The molecule has 17 heavy (non-hydrogen) atoms. The first-order valence-corrected chi connectivity index (χ1v) is 7.88. The third-order valence-electron chi connectivity index (χ3n) is 2.69. The Balaban J connectivity index is 1.81. The highest BCUT2D eigenvalue weighted by Gasteiger charge is 2.09. The van der Waals surface area contributed by atoms with E-state index in [1.807, 2.05) is 17.4 Å². The lowest BCUT2D eigenvalue weighted by molar-refractivity contribution is 0.531. The molecule has 1 nitrogen and oxygen atoms in total. The van der Waals surface area contributed by atoms with Gasteiger partial charge in [-0.05, 0) is 36.4 Å². The minimum atomic E-state index is 0.491. The van der Waals surface area contributed by atoms with Crippen molar-refractivity contribution in [1.82, 2.24) is 5.32 Å². The van der Waals surface area contributed by atoms with Crippen LogP contribution in [0.1, 0.15) is 29.1 Å². The molecular weight excluding hydrogens is 270 g/mol. The molecule has 2 heterocycles. The van der Waals surface area contributed by atoms with E-state index in [9.17, 15) is 0 Å². The highest BCUT2D eigenvalue weighted by atomic mass is 35.5. The van der Waals surface area contributed by atoms with Crippen LogP contribution in [0.15, 0.2) is 29.6 Å². The molecule has 0 saturated heterocycles. The Bertz CT molecular complexity index is 436. The van der Waals surface area contributed by atoms with Crippen molar-refractivity contribution in [1.29, 1.82) is 0 Å². The highest BCUT2D eigenvalue weighted by Crippen LogP contribution is 2.23. The Hall–Kier alpha value is -0.350. The van der Waals surface area contributed by atoms with Crippen molar-refractivity contribution in [3.63, 3.8) is 0 Å². The first-order chi connectivity index (χ1) is 8.29. The van der Waals surface area contributed by atoms with E-state index in [4.69, 9.17) is 11.6 Å². The van der Waals surface area contributed by atoms with E-state index >= 15 is 0 Å². The number of hydrogen-bond donors (Lipinski definition) is 1. The number of hydrogen-bond acceptors (Lipinski definition) is 3. The van der Waals surface area contributed by atoms with Crippen LogP contribution in [-0.2, 0) is 6.42 Å². The second kappa shape index (κ2) is 6.55. The van der Waals surface area contributed by atoms with Gasteiger partial charge in [-0.15, -0.1) is 22.7 Å². The molecule has 0 fully saturated rings. The first-order valence-electron chi connectivity index (χ1n) is 5.80. The van der Waals surface area contributed by atoms with E-state index in [2.05, 4.69) is 35.8 Å². The predicted molar refractivity (Wildman–Crippen MR) is 78.4 cm³/mol. The maximum absolute atomic E-state index is 5.91. The summed E-state index contributed by atoms with van der Waals surface area (Å²) in [5.74, 6) is 0. The molecule has 0 radical (unpaired) electrons. The normalized spacial score (nSPS) is 12.8. The fourth-order valence-electron chi connectivity index (χ4n) is 1.79. The van der Waals surface area contributed by atoms with Gasteiger partial charge < -0.3 is 5.32 Å². The summed E-state index contributed by atoms with van der Waals surface area (Å²) in [7, 11) is 0. The average molecular weight is 286 g/mol. The Kier molecular flexibility index (Phi) is 5.04. The lowest BCUT2D eigenvalue weighted by Crippen LogP contribution is -2.22. The largest absolute Gasteiger partial charge is 0.309 e. The molecule has 0 aromatic carbocycles. The molecule has 0 saturated carbocycles. The summed E-state index contributed by atoms with van der Waals surface area (Å²) in [5.41, 5.74) is 0. The standard InChI is InChI=1S/C13H16ClNS2/c1-2-11(12-4-3-9-16-12)15-8-7-10-5-6-13(14)17-10/h3-6,9,11,15H,2,7-8H2,1H3. The van der Waals surface area contributed by atoms with Crippen LogP contribution in [0.5, 0.6) is 0 Å². The van der Waals surface area contributed by atoms with Crippen LogP contribution in [0.25, 0.3) is 0 Å². The molecule has 0 aliphatic heterocycles. The van der Waals surface area contributed by atoms with Gasteiger partial charge in [-0.1, -0.05) is 24.6 Å². The van der Waals surface area contributed by atoms with Gasteiger partial charge in [-0.3, -0.25) is 0 Å². The van der Waals surface area contributed by atoms with Crippen molar-refractivity contribution in [2.45, 2.75) is 25.8 Å². The number of halogens is 1. The van der Waals surface area contributed by atoms with E-state index < -0.39 is 0 Å². The summed E-state index contributed by atoms with van der Waals surface area (Å²) < 4.78 is 0.880. The van der Waals surface area contributed by atoms with Gasteiger partial charge in [-0.25, -0.2) is 0 Å². The van der Waals surface area contributed by atoms with Crippen molar-refractivity contribution in [2.75, 3.05) is 6.54 Å².